The molecule has 0 spiro atoms. The predicted octanol–water partition coefficient (Wildman–Crippen LogP) is 3.71. The molecule has 5 nitrogen and oxygen atoms in total. The second-order valence-electron chi connectivity index (χ2n) is 7.21. The largest absolute Gasteiger partial charge is 0.412 e. The van der Waals surface area contributed by atoms with Gasteiger partial charge in [0.15, 0.2) is 0 Å². The quantitative estimate of drug-likeness (QED) is 0.366. The van der Waals surface area contributed by atoms with Crippen molar-refractivity contribution in [3.63, 3.8) is 0 Å². The van der Waals surface area contributed by atoms with Crippen LogP contribution >= 0.6 is 0 Å². The third-order valence-corrected chi connectivity index (χ3v) is 5.22. The molecule has 5 N–H and O–H groups in total. The fourth-order valence-electron chi connectivity index (χ4n) is 2.93. The third-order valence-electron chi connectivity index (χ3n) is 4.41. The molecule has 0 bridgehead atoms. The molecular weight excluding hydrogens is 314 g/mol. The van der Waals surface area contributed by atoms with Crippen molar-refractivity contribution in [2.45, 2.75) is 96.9 Å². The van der Waals surface area contributed by atoms with E-state index < -0.39 is 10.1 Å². The molecule has 0 saturated carbocycles. The molecule has 0 saturated heterocycles. The van der Waals surface area contributed by atoms with Crippen molar-refractivity contribution in [2.75, 3.05) is 5.75 Å². The maximum Gasteiger partial charge on any atom is 0.264 e. The SMILES string of the molecule is CCCCCCCCCCC(CCCS(=O)(=O)O)C(C)(C)N.O. The van der Waals surface area contributed by atoms with Crippen LogP contribution in [0.25, 0.3) is 0 Å². The smallest absolute Gasteiger partial charge is 0.264 e. The average molecular weight is 354 g/mol. The van der Waals surface area contributed by atoms with Crippen LogP contribution in [-0.4, -0.2) is 29.7 Å². The molecule has 1 atom stereocenters. The van der Waals surface area contributed by atoms with Gasteiger partial charge in [0, 0.05) is 5.54 Å². The Morgan fingerprint density at radius 2 is 1.35 bits per heavy atom. The molecule has 6 heteroatoms. The Kier molecular flexibility index (Phi) is 14.3. The number of nitrogens with two attached hydrogens (primary N) is 1. The lowest BCUT2D eigenvalue weighted by atomic mass is 9.81. The fourth-order valence-corrected chi connectivity index (χ4v) is 3.46. The summed E-state index contributed by atoms with van der Waals surface area (Å²) in [6, 6.07) is 0. The molecule has 0 aliphatic carbocycles. The zero-order valence-corrected chi connectivity index (χ0v) is 16.1. The van der Waals surface area contributed by atoms with Gasteiger partial charge in [-0.3, -0.25) is 4.55 Å². The molecule has 0 fully saturated rings. The predicted molar refractivity (Wildman–Crippen MR) is 98.2 cm³/mol. The van der Waals surface area contributed by atoms with E-state index >= 15 is 0 Å². The van der Waals surface area contributed by atoms with Gasteiger partial charge in [-0.25, -0.2) is 0 Å². The van der Waals surface area contributed by atoms with Crippen LogP contribution in [0.3, 0.4) is 0 Å². The average Bonchev–Trinajstić information content (AvgIpc) is 2.37. The molecule has 142 valence electrons. The van der Waals surface area contributed by atoms with Gasteiger partial charge in [0.05, 0.1) is 5.75 Å². The van der Waals surface area contributed by atoms with E-state index in [1.807, 2.05) is 13.8 Å². The Morgan fingerprint density at radius 3 is 1.78 bits per heavy atom. The van der Waals surface area contributed by atoms with Gasteiger partial charge in [-0.2, -0.15) is 8.42 Å². The van der Waals surface area contributed by atoms with Gasteiger partial charge in [-0.1, -0.05) is 58.3 Å². The van der Waals surface area contributed by atoms with E-state index in [9.17, 15) is 8.42 Å². The first-order chi connectivity index (χ1) is 10.2. The first-order valence-electron chi connectivity index (χ1n) is 8.91. The summed E-state index contributed by atoms with van der Waals surface area (Å²) in [5, 5.41) is 0. The summed E-state index contributed by atoms with van der Waals surface area (Å²) in [6.07, 6.45) is 12.6. The summed E-state index contributed by atoms with van der Waals surface area (Å²) < 4.78 is 30.4. The number of unbranched alkanes of at least 4 members (excludes halogenated alkanes) is 7. The van der Waals surface area contributed by atoms with Crippen molar-refractivity contribution < 1.29 is 18.4 Å². The summed E-state index contributed by atoms with van der Waals surface area (Å²) in [5.74, 6) is 0.158. The molecule has 0 aromatic heterocycles. The fraction of sp³-hybridized carbons (Fsp3) is 1.00. The maximum atomic E-state index is 10.8. The number of hydrogen-bond donors (Lipinski definition) is 2. The monoisotopic (exact) mass is 353 g/mol. The van der Waals surface area contributed by atoms with Crippen LogP contribution in [0.4, 0.5) is 0 Å². The number of rotatable bonds is 14. The molecule has 0 aromatic rings. The zero-order valence-electron chi connectivity index (χ0n) is 15.3. The molecule has 0 heterocycles. The minimum atomic E-state index is -3.85. The first-order valence-corrected chi connectivity index (χ1v) is 10.5. The standard InChI is InChI=1S/C17H37NO3S.H2O/c1-4-5-6-7-8-9-10-11-13-16(17(2,3)18)14-12-15-22(19,20)21;/h16H,4-15,18H2,1-3H3,(H,19,20,21);1H2. The van der Waals surface area contributed by atoms with Gasteiger partial charge < -0.3 is 11.2 Å². The van der Waals surface area contributed by atoms with Crippen molar-refractivity contribution >= 4 is 10.1 Å². The minimum absolute atomic E-state index is 0. The Labute approximate surface area is 143 Å². The topological polar surface area (TPSA) is 112 Å². The molecule has 23 heavy (non-hydrogen) atoms. The van der Waals surface area contributed by atoms with Gasteiger partial charge in [0.2, 0.25) is 0 Å². The molecular formula is C17H39NO4S. The molecule has 0 aliphatic rings. The van der Waals surface area contributed by atoms with Gasteiger partial charge in [-0.05, 0) is 39.0 Å². The highest BCUT2D eigenvalue weighted by atomic mass is 32.2. The maximum absolute atomic E-state index is 10.8. The van der Waals surface area contributed by atoms with Crippen molar-refractivity contribution in [1.29, 1.82) is 0 Å². The van der Waals surface area contributed by atoms with Crippen molar-refractivity contribution in [3.8, 4) is 0 Å². The van der Waals surface area contributed by atoms with E-state index in [0.717, 1.165) is 19.3 Å². The van der Waals surface area contributed by atoms with Gasteiger partial charge in [0.1, 0.15) is 0 Å². The van der Waals surface area contributed by atoms with Gasteiger partial charge >= 0.3 is 0 Å². The summed E-state index contributed by atoms with van der Waals surface area (Å²) in [4.78, 5) is 0. The lowest BCUT2D eigenvalue weighted by Gasteiger charge is -2.30. The normalized spacial score (nSPS) is 13.6. The Hall–Kier alpha value is -0.170. The van der Waals surface area contributed by atoms with Crippen LogP contribution < -0.4 is 5.73 Å². The highest BCUT2D eigenvalue weighted by Crippen LogP contribution is 2.26. The summed E-state index contributed by atoms with van der Waals surface area (Å²) >= 11 is 0. The van der Waals surface area contributed by atoms with Gasteiger partial charge in [-0.15, -0.1) is 0 Å². The van der Waals surface area contributed by atoms with Crippen LogP contribution in [0.15, 0.2) is 0 Å². The highest BCUT2D eigenvalue weighted by molar-refractivity contribution is 7.85. The van der Waals surface area contributed by atoms with Crippen molar-refractivity contribution in [1.82, 2.24) is 0 Å². The first kappa shape index (κ1) is 25.1. The Balaban J connectivity index is 0. The minimum Gasteiger partial charge on any atom is -0.412 e. The lowest BCUT2D eigenvalue weighted by molar-refractivity contribution is 0.272. The van der Waals surface area contributed by atoms with E-state index in [4.69, 9.17) is 10.3 Å². The van der Waals surface area contributed by atoms with E-state index in [1.165, 1.54) is 44.9 Å². The van der Waals surface area contributed by atoms with Crippen molar-refractivity contribution in [2.24, 2.45) is 11.7 Å². The highest BCUT2D eigenvalue weighted by Gasteiger charge is 2.24. The Bertz CT molecular complexity index is 363. The molecule has 1 unspecified atom stereocenters. The molecule has 0 rings (SSSR count). The lowest BCUT2D eigenvalue weighted by Crippen LogP contribution is -2.41. The number of hydrogen-bond acceptors (Lipinski definition) is 3. The zero-order chi connectivity index (χ0) is 17.1. The van der Waals surface area contributed by atoms with Gasteiger partial charge in [0.25, 0.3) is 10.1 Å². The molecule has 0 radical (unpaired) electrons. The van der Waals surface area contributed by atoms with Crippen LogP contribution in [0.5, 0.6) is 0 Å². The second-order valence-corrected chi connectivity index (χ2v) is 8.78. The van der Waals surface area contributed by atoms with Crippen molar-refractivity contribution in [3.05, 3.63) is 0 Å². The van der Waals surface area contributed by atoms with E-state index in [2.05, 4.69) is 6.92 Å². The third kappa shape index (κ3) is 16.5. The van der Waals surface area contributed by atoms with E-state index in [1.54, 1.807) is 0 Å². The van der Waals surface area contributed by atoms with E-state index in [0.29, 0.717) is 12.3 Å². The summed E-state index contributed by atoms with van der Waals surface area (Å²) in [7, 11) is -3.85. The molecule has 0 amide bonds. The van der Waals surface area contributed by atoms with E-state index in [-0.39, 0.29) is 16.8 Å². The second kappa shape index (κ2) is 13.2. The summed E-state index contributed by atoms with van der Waals surface area (Å²) in [5.41, 5.74) is 5.92. The van der Waals surface area contributed by atoms with Crippen LogP contribution in [0.1, 0.15) is 91.4 Å². The van der Waals surface area contributed by atoms with Crippen LogP contribution in [0.2, 0.25) is 0 Å². The van der Waals surface area contributed by atoms with Crippen LogP contribution in [0, 0.1) is 5.92 Å². The summed E-state index contributed by atoms with van der Waals surface area (Å²) in [6.45, 7) is 6.25. The molecule has 0 aliphatic heterocycles. The van der Waals surface area contributed by atoms with Crippen LogP contribution in [-0.2, 0) is 10.1 Å². The Morgan fingerprint density at radius 1 is 0.913 bits per heavy atom. The molecule has 0 aromatic carbocycles.